The summed E-state index contributed by atoms with van der Waals surface area (Å²) in [5.74, 6) is -0.581. The number of amides is 3. The maximum Gasteiger partial charge on any atom is 0.417 e. The van der Waals surface area contributed by atoms with E-state index in [2.05, 4.69) is 30.3 Å². The molecule has 0 aliphatic carbocycles. The SMILES string of the molecule is CNC(=O)C(CCC=O)N(C)C(=O)c1ccc(N2CCC3(CC2)CN(CC2CCN(c4ccc(NC(=O)C5(O)CCN(c6ccc(C#N)c(C(F)(F)F)c6)CC5)nc4)CC2)C3)cc1C=O. The fourth-order valence-electron chi connectivity index (χ4n) is 9.89. The fourth-order valence-corrected chi connectivity index (χ4v) is 9.89. The molecule has 0 radical (unpaired) electrons. The number of anilines is 4. The molecule has 5 heterocycles. The van der Waals surface area contributed by atoms with Crippen molar-refractivity contribution in [1.29, 1.82) is 5.26 Å². The second-order valence-electron chi connectivity index (χ2n) is 18.0. The molecule has 3 amide bonds. The van der Waals surface area contributed by atoms with Gasteiger partial charge in [-0.3, -0.25) is 19.2 Å². The van der Waals surface area contributed by atoms with Gasteiger partial charge in [-0.2, -0.15) is 18.4 Å². The summed E-state index contributed by atoms with van der Waals surface area (Å²) in [5, 5.41) is 25.5. The Balaban J connectivity index is 0.827. The van der Waals surface area contributed by atoms with Gasteiger partial charge in [-0.25, -0.2) is 4.98 Å². The monoisotopic (exact) mass is 899 g/mol. The Morgan fingerprint density at radius 2 is 1.54 bits per heavy atom. The van der Waals surface area contributed by atoms with Gasteiger partial charge in [0, 0.05) is 109 Å². The normalized spacial score (nSPS) is 19.1. The van der Waals surface area contributed by atoms with Gasteiger partial charge in [0.15, 0.2) is 6.29 Å². The van der Waals surface area contributed by atoms with E-state index in [1.807, 2.05) is 12.1 Å². The average molecular weight is 900 g/mol. The Morgan fingerprint density at radius 3 is 2.12 bits per heavy atom. The summed E-state index contributed by atoms with van der Waals surface area (Å²) in [4.78, 5) is 76.7. The predicted octanol–water partition coefficient (Wildman–Crippen LogP) is 4.74. The zero-order valence-corrected chi connectivity index (χ0v) is 36.8. The highest BCUT2D eigenvalue weighted by molar-refractivity contribution is 6.03. The number of carbonyl (C=O) groups is 5. The zero-order valence-electron chi connectivity index (χ0n) is 36.8. The summed E-state index contributed by atoms with van der Waals surface area (Å²) in [6, 6.07) is 13.1. The number of nitriles is 1. The number of rotatable bonds is 14. The summed E-state index contributed by atoms with van der Waals surface area (Å²) in [5.41, 5.74) is -0.358. The quantitative estimate of drug-likeness (QED) is 0.190. The fraction of sp³-hybridized carbons (Fsp3) is 0.511. The molecular formula is C47H56F3N9O6. The van der Waals surface area contributed by atoms with Crippen molar-refractivity contribution in [3.63, 3.8) is 0 Å². The molecule has 7 rings (SSSR count). The Morgan fingerprint density at radius 1 is 0.923 bits per heavy atom. The molecule has 15 nitrogen and oxygen atoms in total. The van der Waals surface area contributed by atoms with E-state index in [1.54, 1.807) is 35.4 Å². The number of hydrogen-bond acceptors (Lipinski definition) is 12. The van der Waals surface area contributed by atoms with Gasteiger partial charge < -0.3 is 45.0 Å². The van der Waals surface area contributed by atoms with Crippen LogP contribution in [0.25, 0.3) is 0 Å². The van der Waals surface area contributed by atoms with Crippen LogP contribution < -0.4 is 25.3 Å². The lowest BCUT2D eigenvalue weighted by Crippen LogP contribution is -2.61. The molecule has 4 aliphatic heterocycles. The smallest absolute Gasteiger partial charge is 0.380 e. The number of aliphatic hydroxyl groups is 1. The number of hydrogen-bond donors (Lipinski definition) is 3. The van der Waals surface area contributed by atoms with Crippen molar-refractivity contribution in [2.24, 2.45) is 11.3 Å². The highest BCUT2D eigenvalue weighted by Gasteiger charge is 2.46. The van der Waals surface area contributed by atoms with Gasteiger partial charge in [-0.05, 0) is 92.0 Å². The molecule has 1 aromatic heterocycles. The molecule has 4 aliphatic rings. The highest BCUT2D eigenvalue weighted by atomic mass is 19.4. The number of nitrogens with one attached hydrogen (secondary N) is 2. The standard InChI is InChI=1S/C47H56F3N9O6/c1-52-42(62)40(4-3-23-60)55(2)43(63)38-9-7-35(24-34(38)29-61)58-19-13-45(14-20-58)30-56(31-45)28-32-11-17-57(18-12-32)37-8-10-41(53-27-37)54-44(64)46(65)15-21-59(22-16-46)36-6-5-33(26-51)39(25-36)47(48,49)50/h5-10,23-25,27,29,32,40,65H,3-4,11-22,28,30-31H2,1-2H3,(H,52,62)(H,53,54,64). The summed E-state index contributed by atoms with van der Waals surface area (Å²) in [6.07, 6.45) is 2.88. The van der Waals surface area contributed by atoms with Crippen molar-refractivity contribution in [3.05, 3.63) is 77.0 Å². The number of aromatic nitrogens is 1. The molecule has 346 valence electrons. The van der Waals surface area contributed by atoms with Crippen molar-refractivity contribution in [2.75, 3.05) is 93.0 Å². The van der Waals surface area contributed by atoms with Crippen LogP contribution in [0.2, 0.25) is 0 Å². The van der Waals surface area contributed by atoms with Crippen molar-refractivity contribution < 1.29 is 42.3 Å². The second kappa shape index (κ2) is 19.6. The van der Waals surface area contributed by atoms with Gasteiger partial charge in [0.05, 0.1) is 34.6 Å². The molecule has 18 heteroatoms. The number of carbonyl (C=O) groups excluding carboxylic acids is 5. The lowest BCUT2D eigenvalue weighted by Gasteiger charge is -2.55. The number of halogens is 3. The van der Waals surface area contributed by atoms with E-state index in [0.717, 1.165) is 95.0 Å². The number of pyridine rings is 1. The van der Waals surface area contributed by atoms with Crippen LogP contribution in [0.3, 0.4) is 0 Å². The van der Waals surface area contributed by atoms with Crippen LogP contribution >= 0.6 is 0 Å². The first-order valence-electron chi connectivity index (χ1n) is 22.2. The van der Waals surface area contributed by atoms with Crippen LogP contribution in [0.1, 0.15) is 83.2 Å². The average Bonchev–Trinajstić information content (AvgIpc) is 3.31. The third-order valence-electron chi connectivity index (χ3n) is 13.9. The summed E-state index contributed by atoms with van der Waals surface area (Å²) in [6.45, 7) is 6.91. The third kappa shape index (κ3) is 10.4. The molecule has 1 spiro atoms. The molecule has 0 saturated carbocycles. The molecule has 0 bridgehead atoms. The van der Waals surface area contributed by atoms with E-state index in [-0.39, 0.29) is 66.9 Å². The molecule has 2 aromatic carbocycles. The Labute approximate surface area is 376 Å². The van der Waals surface area contributed by atoms with Crippen molar-refractivity contribution in [1.82, 2.24) is 20.1 Å². The minimum absolute atomic E-state index is 0.00479. The molecule has 1 atom stereocenters. The number of likely N-dealkylation sites (tertiary alicyclic amines) is 1. The Hall–Kier alpha value is -6.06. The topological polar surface area (TPSA) is 183 Å². The van der Waals surface area contributed by atoms with E-state index in [1.165, 1.54) is 25.1 Å². The number of nitrogens with zero attached hydrogens (tertiary/aromatic N) is 7. The van der Waals surface area contributed by atoms with Crippen LogP contribution in [0.4, 0.5) is 36.1 Å². The summed E-state index contributed by atoms with van der Waals surface area (Å²) >= 11 is 0. The lowest BCUT2D eigenvalue weighted by atomic mass is 9.71. The molecule has 3 N–H and O–H groups in total. The van der Waals surface area contributed by atoms with Crippen LogP contribution in [0.15, 0.2) is 54.7 Å². The second-order valence-corrected chi connectivity index (χ2v) is 18.0. The maximum absolute atomic E-state index is 13.5. The van der Waals surface area contributed by atoms with Crippen molar-refractivity contribution in [2.45, 2.75) is 69.2 Å². The lowest BCUT2D eigenvalue weighted by molar-refractivity contribution is -0.137. The number of alkyl halides is 3. The Kier molecular flexibility index (Phi) is 14.1. The van der Waals surface area contributed by atoms with E-state index in [0.29, 0.717) is 24.3 Å². The largest absolute Gasteiger partial charge is 0.417 e. The van der Waals surface area contributed by atoms with Crippen LogP contribution in [0, 0.1) is 22.7 Å². The zero-order chi connectivity index (χ0) is 46.5. The third-order valence-corrected chi connectivity index (χ3v) is 13.9. The first-order chi connectivity index (χ1) is 31.1. The van der Waals surface area contributed by atoms with Gasteiger partial charge in [0.2, 0.25) is 5.91 Å². The van der Waals surface area contributed by atoms with Gasteiger partial charge in [0.1, 0.15) is 23.7 Å². The van der Waals surface area contributed by atoms with E-state index >= 15 is 0 Å². The molecule has 3 aromatic rings. The number of aldehydes is 2. The number of piperidine rings is 3. The molecule has 65 heavy (non-hydrogen) atoms. The van der Waals surface area contributed by atoms with Crippen LogP contribution in [0.5, 0.6) is 0 Å². The first-order valence-corrected chi connectivity index (χ1v) is 22.2. The Bertz CT molecular complexity index is 2270. The van der Waals surface area contributed by atoms with Crippen molar-refractivity contribution in [3.8, 4) is 6.07 Å². The van der Waals surface area contributed by atoms with Gasteiger partial charge in [-0.1, -0.05) is 0 Å². The molecule has 4 saturated heterocycles. The summed E-state index contributed by atoms with van der Waals surface area (Å²) < 4.78 is 40.5. The number of benzene rings is 2. The highest BCUT2D eigenvalue weighted by Crippen LogP contribution is 2.43. The van der Waals surface area contributed by atoms with E-state index in [4.69, 9.17) is 5.26 Å². The van der Waals surface area contributed by atoms with Crippen LogP contribution in [-0.2, 0) is 20.6 Å². The molecule has 1 unspecified atom stereocenters. The molecule has 4 fully saturated rings. The van der Waals surface area contributed by atoms with E-state index < -0.39 is 40.8 Å². The number of likely N-dealkylation sites (N-methyl/N-ethyl adjacent to an activating group) is 2. The minimum atomic E-state index is -4.68. The van der Waals surface area contributed by atoms with E-state index in [9.17, 15) is 42.3 Å². The minimum Gasteiger partial charge on any atom is -0.380 e. The van der Waals surface area contributed by atoms with Gasteiger partial charge in [0.25, 0.3) is 11.8 Å². The van der Waals surface area contributed by atoms with Crippen LogP contribution in [-0.4, -0.2) is 135 Å². The van der Waals surface area contributed by atoms with Crippen molar-refractivity contribution >= 4 is 53.2 Å². The molecular weight excluding hydrogens is 844 g/mol. The first kappa shape index (κ1) is 46.9. The van der Waals surface area contributed by atoms with Gasteiger partial charge in [-0.15, -0.1) is 0 Å². The predicted molar refractivity (Wildman–Crippen MR) is 238 cm³/mol. The maximum atomic E-state index is 13.5. The van der Waals surface area contributed by atoms with Gasteiger partial charge >= 0.3 is 6.18 Å². The summed E-state index contributed by atoms with van der Waals surface area (Å²) in [7, 11) is 2.98.